The first-order valence-corrected chi connectivity index (χ1v) is 13.1. The van der Waals surface area contributed by atoms with Gasteiger partial charge in [-0.2, -0.15) is 0 Å². The lowest BCUT2D eigenvalue weighted by Gasteiger charge is -2.26. The number of carbonyl (C=O) groups excluding carboxylic acids is 1. The van der Waals surface area contributed by atoms with Crippen LogP contribution in [-0.4, -0.2) is 41.2 Å². The maximum Gasteiger partial charge on any atom is 0.264 e. The van der Waals surface area contributed by atoms with Crippen molar-refractivity contribution in [1.82, 2.24) is 5.32 Å². The molecule has 3 rings (SSSR count). The van der Waals surface area contributed by atoms with E-state index in [1.165, 1.54) is 19.2 Å². The Morgan fingerprint density at radius 2 is 1.56 bits per heavy atom. The molecule has 0 fully saturated rings. The van der Waals surface area contributed by atoms with E-state index < -0.39 is 22.5 Å². The average Bonchev–Trinajstić information content (AvgIpc) is 2.88. The van der Waals surface area contributed by atoms with Crippen LogP contribution >= 0.6 is 0 Å². The molecular formula is C27H32N2O6S. The van der Waals surface area contributed by atoms with Crippen molar-refractivity contribution in [3.05, 3.63) is 77.9 Å². The molecule has 9 heteroatoms. The maximum atomic E-state index is 13.6. The SMILES string of the molecule is CCOc1ccc(CNC(=O)CN(c2cc(C)ccc2OC)S(=O)(=O)c2ccccc2)cc1OCC. The number of sulfonamides is 1. The van der Waals surface area contributed by atoms with E-state index in [-0.39, 0.29) is 17.1 Å². The third kappa shape index (κ3) is 6.48. The topological polar surface area (TPSA) is 94.2 Å². The number of methoxy groups -OCH3 is 1. The summed E-state index contributed by atoms with van der Waals surface area (Å²) in [6.45, 7) is 6.36. The summed E-state index contributed by atoms with van der Waals surface area (Å²) in [5.74, 6) is 1.09. The Kier molecular flexibility index (Phi) is 9.19. The average molecular weight is 513 g/mol. The van der Waals surface area contributed by atoms with Gasteiger partial charge in [0.25, 0.3) is 10.0 Å². The maximum absolute atomic E-state index is 13.6. The molecule has 0 aliphatic heterocycles. The summed E-state index contributed by atoms with van der Waals surface area (Å²) in [4.78, 5) is 13.1. The smallest absolute Gasteiger partial charge is 0.264 e. The number of benzene rings is 3. The highest BCUT2D eigenvalue weighted by molar-refractivity contribution is 7.92. The molecule has 1 N–H and O–H groups in total. The molecule has 0 bridgehead atoms. The van der Waals surface area contributed by atoms with Crippen molar-refractivity contribution in [3.8, 4) is 17.2 Å². The minimum Gasteiger partial charge on any atom is -0.495 e. The van der Waals surface area contributed by atoms with Gasteiger partial charge in [0, 0.05) is 6.54 Å². The predicted octanol–water partition coefficient (Wildman–Crippen LogP) is 4.31. The van der Waals surface area contributed by atoms with Crippen LogP contribution in [0, 0.1) is 6.92 Å². The zero-order valence-corrected chi connectivity index (χ0v) is 21.8. The van der Waals surface area contributed by atoms with Crippen LogP contribution in [0.3, 0.4) is 0 Å². The normalized spacial score (nSPS) is 11.0. The second kappa shape index (κ2) is 12.3. The molecular weight excluding hydrogens is 480 g/mol. The monoisotopic (exact) mass is 512 g/mol. The van der Waals surface area contributed by atoms with Crippen LogP contribution in [0.4, 0.5) is 5.69 Å². The van der Waals surface area contributed by atoms with E-state index >= 15 is 0 Å². The van der Waals surface area contributed by atoms with Gasteiger partial charge in [0.2, 0.25) is 5.91 Å². The van der Waals surface area contributed by atoms with Gasteiger partial charge in [-0.05, 0) is 68.3 Å². The summed E-state index contributed by atoms with van der Waals surface area (Å²) in [5, 5.41) is 2.81. The van der Waals surface area contributed by atoms with Crippen LogP contribution in [0.25, 0.3) is 0 Å². The quantitative estimate of drug-likeness (QED) is 0.389. The Bertz CT molecular complexity index is 1280. The number of hydrogen-bond acceptors (Lipinski definition) is 6. The second-order valence-electron chi connectivity index (χ2n) is 7.92. The van der Waals surface area contributed by atoms with E-state index in [1.54, 1.807) is 42.5 Å². The summed E-state index contributed by atoms with van der Waals surface area (Å²) in [6.07, 6.45) is 0. The van der Waals surface area contributed by atoms with Crippen LogP contribution in [0.15, 0.2) is 71.6 Å². The molecule has 0 aliphatic carbocycles. The second-order valence-corrected chi connectivity index (χ2v) is 9.79. The van der Waals surface area contributed by atoms with Crippen LogP contribution in [-0.2, 0) is 21.4 Å². The molecule has 0 radical (unpaired) electrons. The van der Waals surface area contributed by atoms with Gasteiger partial charge in [-0.3, -0.25) is 9.10 Å². The van der Waals surface area contributed by atoms with Crippen molar-refractivity contribution in [2.45, 2.75) is 32.2 Å². The van der Waals surface area contributed by atoms with Gasteiger partial charge in [-0.15, -0.1) is 0 Å². The summed E-state index contributed by atoms with van der Waals surface area (Å²) in [7, 11) is -2.59. The molecule has 3 aromatic rings. The number of hydrogen-bond donors (Lipinski definition) is 1. The number of nitrogens with zero attached hydrogens (tertiary/aromatic N) is 1. The summed E-state index contributed by atoms with van der Waals surface area (Å²) >= 11 is 0. The van der Waals surface area contributed by atoms with Gasteiger partial charge < -0.3 is 19.5 Å². The Morgan fingerprint density at radius 3 is 2.22 bits per heavy atom. The first kappa shape index (κ1) is 26.9. The van der Waals surface area contributed by atoms with E-state index in [4.69, 9.17) is 14.2 Å². The lowest BCUT2D eigenvalue weighted by atomic mass is 10.2. The van der Waals surface area contributed by atoms with Crippen molar-refractivity contribution in [2.24, 2.45) is 0 Å². The third-order valence-corrected chi connectivity index (χ3v) is 7.09. The van der Waals surface area contributed by atoms with Crippen molar-refractivity contribution >= 4 is 21.6 Å². The molecule has 8 nitrogen and oxygen atoms in total. The molecule has 192 valence electrons. The van der Waals surface area contributed by atoms with Gasteiger partial charge in [0.05, 0.1) is 30.9 Å². The van der Waals surface area contributed by atoms with Crippen LogP contribution < -0.4 is 23.8 Å². The molecule has 0 heterocycles. The van der Waals surface area contributed by atoms with Crippen molar-refractivity contribution < 1.29 is 27.4 Å². The molecule has 0 saturated carbocycles. The van der Waals surface area contributed by atoms with Gasteiger partial charge in [-0.1, -0.05) is 30.3 Å². The third-order valence-electron chi connectivity index (χ3n) is 5.32. The van der Waals surface area contributed by atoms with Gasteiger partial charge >= 0.3 is 0 Å². The van der Waals surface area contributed by atoms with E-state index in [1.807, 2.05) is 32.9 Å². The Labute approximate surface area is 212 Å². The standard InChI is InChI=1S/C27H32N2O6S/c1-5-34-25-15-13-21(17-26(25)35-6-2)18-28-27(30)19-29(23-16-20(3)12-14-24(23)33-4)36(31,32)22-10-8-7-9-11-22/h7-17H,5-6,18-19H2,1-4H3,(H,28,30). The van der Waals surface area contributed by atoms with Crippen LogP contribution in [0.5, 0.6) is 17.2 Å². The molecule has 0 aromatic heterocycles. The fourth-order valence-corrected chi connectivity index (χ4v) is 5.05. The zero-order chi connectivity index (χ0) is 26.1. The Balaban J connectivity index is 1.87. The minimum absolute atomic E-state index is 0.0780. The number of nitrogens with one attached hydrogen (secondary N) is 1. The minimum atomic E-state index is -4.05. The number of anilines is 1. The van der Waals surface area contributed by atoms with E-state index in [2.05, 4.69) is 5.32 Å². The summed E-state index contributed by atoms with van der Waals surface area (Å²) in [5.41, 5.74) is 1.91. The zero-order valence-electron chi connectivity index (χ0n) is 21.0. The number of carbonyl (C=O) groups is 1. The fraction of sp³-hybridized carbons (Fsp3) is 0.296. The highest BCUT2D eigenvalue weighted by Gasteiger charge is 2.29. The van der Waals surface area contributed by atoms with Gasteiger partial charge in [-0.25, -0.2) is 8.42 Å². The molecule has 1 amide bonds. The van der Waals surface area contributed by atoms with Gasteiger partial charge in [0.1, 0.15) is 12.3 Å². The van der Waals surface area contributed by atoms with E-state index in [0.717, 1.165) is 15.4 Å². The molecule has 0 aliphatic rings. The van der Waals surface area contributed by atoms with Gasteiger partial charge in [0.15, 0.2) is 11.5 Å². The lowest BCUT2D eigenvalue weighted by molar-refractivity contribution is -0.119. The highest BCUT2D eigenvalue weighted by Crippen LogP contribution is 2.33. The van der Waals surface area contributed by atoms with Crippen molar-refractivity contribution in [1.29, 1.82) is 0 Å². The number of aryl methyl sites for hydroxylation is 1. The predicted molar refractivity (Wildman–Crippen MR) is 139 cm³/mol. The largest absolute Gasteiger partial charge is 0.495 e. The van der Waals surface area contributed by atoms with Crippen molar-refractivity contribution in [3.63, 3.8) is 0 Å². The molecule has 3 aromatic carbocycles. The summed E-state index contributed by atoms with van der Waals surface area (Å²) in [6, 6.07) is 18.6. The molecule has 0 spiro atoms. The first-order chi connectivity index (χ1) is 17.3. The van der Waals surface area contributed by atoms with E-state index in [9.17, 15) is 13.2 Å². The summed E-state index contributed by atoms with van der Waals surface area (Å²) < 4.78 is 44.9. The van der Waals surface area contributed by atoms with Crippen molar-refractivity contribution in [2.75, 3.05) is 31.2 Å². The highest BCUT2D eigenvalue weighted by atomic mass is 32.2. The van der Waals surface area contributed by atoms with E-state index in [0.29, 0.717) is 30.5 Å². The fourth-order valence-electron chi connectivity index (χ4n) is 3.61. The Morgan fingerprint density at radius 1 is 0.889 bits per heavy atom. The molecule has 0 atom stereocenters. The lowest BCUT2D eigenvalue weighted by Crippen LogP contribution is -2.41. The number of rotatable bonds is 12. The molecule has 0 unspecified atom stereocenters. The molecule has 0 saturated heterocycles. The first-order valence-electron chi connectivity index (χ1n) is 11.7. The molecule has 36 heavy (non-hydrogen) atoms. The number of ether oxygens (including phenoxy) is 3. The Hall–Kier alpha value is -3.72. The van der Waals surface area contributed by atoms with Crippen LogP contribution in [0.2, 0.25) is 0 Å². The van der Waals surface area contributed by atoms with Crippen LogP contribution in [0.1, 0.15) is 25.0 Å². The number of amides is 1.